The van der Waals surface area contributed by atoms with Gasteiger partial charge in [0, 0.05) is 54.4 Å². The van der Waals surface area contributed by atoms with Gasteiger partial charge in [0.2, 0.25) is 0 Å². The number of benzene rings is 2. The molecule has 0 radical (unpaired) electrons. The van der Waals surface area contributed by atoms with Gasteiger partial charge in [0.25, 0.3) is 0 Å². The third-order valence-electron chi connectivity index (χ3n) is 6.96. The molecule has 1 aliphatic rings. The van der Waals surface area contributed by atoms with Gasteiger partial charge in [0.05, 0.1) is 36.6 Å². The Kier molecular flexibility index (Phi) is 7.50. The van der Waals surface area contributed by atoms with Crippen LogP contribution >= 0.6 is 11.6 Å². The maximum absolute atomic E-state index is 9.09. The molecule has 2 aromatic heterocycles. The van der Waals surface area contributed by atoms with Crippen LogP contribution in [0.15, 0.2) is 60.9 Å². The zero-order valence-corrected chi connectivity index (χ0v) is 21.8. The fourth-order valence-electron chi connectivity index (χ4n) is 4.95. The Labute approximate surface area is 222 Å². The Balaban J connectivity index is 1.21. The van der Waals surface area contributed by atoms with Crippen LogP contribution < -0.4 is 20.1 Å². The van der Waals surface area contributed by atoms with Crippen molar-refractivity contribution < 1.29 is 9.47 Å². The van der Waals surface area contributed by atoms with Crippen LogP contribution in [-0.2, 0) is 6.54 Å². The molecule has 7 nitrogen and oxygen atoms in total. The molecule has 1 fully saturated rings. The molecular formula is C29H30ClN5O2. The van der Waals surface area contributed by atoms with Gasteiger partial charge in [0.1, 0.15) is 17.1 Å². The van der Waals surface area contributed by atoms with Crippen molar-refractivity contribution in [3.63, 3.8) is 0 Å². The van der Waals surface area contributed by atoms with Gasteiger partial charge in [-0.05, 0) is 55.5 Å². The largest absolute Gasteiger partial charge is 0.496 e. The third kappa shape index (κ3) is 5.66. The highest BCUT2D eigenvalue weighted by molar-refractivity contribution is 6.32. The summed E-state index contributed by atoms with van der Waals surface area (Å²) in [5.74, 6) is 1.22. The summed E-state index contributed by atoms with van der Waals surface area (Å²) in [5, 5.41) is 17.0. The van der Waals surface area contributed by atoms with Crippen LogP contribution in [0.3, 0.4) is 0 Å². The summed E-state index contributed by atoms with van der Waals surface area (Å²) in [7, 11) is 3.21. The molecule has 5 rings (SSSR count). The number of hydrogen-bond donors (Lipinski definition) is 2. The first-order valence-electron chi connectivity index (χ1n) is 12.5. The SMILES string of the molecule is COc1cc(OC)c(-c2cn3ccc(NC4CCC(NCc5cccc(C#N)c5)CC4)cc3n2)cc1Cl. The molecule has 2 aromatic carbocycles. The average Bonchev–Trinajstić information content (AvgIpc) is 3.36. The summed E-state index contributed by atoms with van der Waals surface area (Å²) in [6.07, 6.45) is 8.43. The summed E-state index contributed by atoms with van der Waals surface area (Å²) in [6.45, 7) is 0.793. The Morgan fingerprint density at radius 1 is 1.03 bits per heavy atom. The number of pyridine rings is 1. The minimum absolute atomic E-state index is 0.428. The van der Waals surface area contributed by atoms with E-state index >= 15 is 0 Å². The van der Waals surface area contributed by atoms with Crippen molar-refractivity contribution in [1.29, 1.82) is 5.26 Å². The summed E-state index contributed by atoms with van der Waals surface area (Å²) >= 11 is 6.37. The lowest BCUT2D eigenvalue weighted by Gasteiger charge is -2.30. The van der Waals surface area contributed by atoms with Crippen LogP contribution in [0.25, 0.3) is 16.9 Å². The molecule has 1 aliphatic carbocycles. The van der Waals surface area contributed by atoms with Crippen LogP contribution in [-0.4, -0.2) is 35.7 Å². The summed E-state index contributed by atoms with van der Waals surface area (Å²) < 4.78 is 12.9. The van der Waals surface area contributed by atoms with Crippen LogP contribution in [0.2, 0.25) is 5.02 Å². The minimum atomic E-state index is 0.428. The van der Waals surface area contributed by atoms with Crippen molar-refractivity contribution in [2.24, 2.45) is 0 Å². The standard InChI is InChI=1S/C29H30ClN5O2/c1-36-27-15-28(37-2)25(30)14-24(27)26-18-35-11-10-23(13-29(35)34-26)33-22-8-6-21(7-9-22)32-17-20-5-3-4-19(12-20)16-31/h3-5,10-15,18,21-22,32-33H,6-9,17H2,1-2H3. The van der Waals surface area contributed by atoms with E-state index in [1.807, 2.05) is 41.1 Å². The lowest BCUT2D eigenvalue weighted by Crippen LogP contribution is -2.36. The lowest BCUT2D eigenvalue weighted by atomic mass is 9.91. The minimum Gasteiger partial charge on any atom is -0.496 e. The van der Waals surface area contributed by atoms with E-state index in [0.29, 0.717) is 34.2 Å². The molecule has 0 saturated heterocycles. The third-order valence-corrected chi connectivity index (χ3v) is 7.25. The number of halogens is 1. The van der Waals surface area contributed by atoms with Gasteiger partial charge in [0.15, 0.2) is 0 Å². The van der Waals surface area contributed by atoms with E-state index in [2.05, 4.69) is 34.9 Å². The molecule has 37 heavy (non-hydrogen) atoms. The highest BCUT2D eigenvalue weighted by Gasteiger charge is 2.21. The molecule has 0 bridgehead atoms. The molecule has 2 heterocycles. The molecule has 0 spiro atoms. The van der Waals surface area contributed by atoms with Gasteiger partial charge in [-0.15, -0.1) is 0 Å². The van der Waals surface area contributed by atoms with Crippen molar-refractivity contribution in [1.82, 2.24) is 14.7 Å². The van der Waals surface area contributed by atoms with Gasteiger partial charge < -0.3 is 24.5 Å². The number of fused-ring (bicyclic) bond motifs is 1. The van der Waals surface area contributed by atoms with E-state index in [1.165, 1.54) is 0 Å². The van der Waals surface area contributed by atoms with Gasteiger partial charge in [-0.2, -0.15) is 5.26 Å². The number of rotatable bonds is 8. The summed E-state index contributed by atoms with van der Waals surface area (Å²) in [6, 6.07) is 18.7. The van der Waals surface area contributed by atoms with Crippen LogP contribution in [0.5, 0.6) is 11.5 Å². The second-order valence-electron chi connectivity index (χ2n) is 9.38. The van der Waals surface area contributed by atoms with Crippen LogP contribution in [0.4, 0.5) is 5.69 Å². The van der Waals surface area contributed by atoms with Gasteiger partial charge >= 0.3 is 0 Å². The van der Waals surface area contributed by atoms with E-state index in [1.54, 1.807) is 20.3 Å². The highest BCUT2D eigenvalue weighted by Crippen LogP contribution is 2.38. The molecule has 190 valence electrons. The average molecular weight is 516 g/mol. The quantitative estimate of drug-likeness (QED) is 0.297. The molecule has 0 aliphatic heterocycles. The van der Waals surface area contributed by atoms with Gasteiger partial charge in [-0.1, -0.05) is 23.7 Å². The fraction of sp³-hybridized carbons (Fsp3) is 0.310. The van der Waals surface area contributed by atoms with Crippen molar-refractivity contribution >= 4 is 22.9 Å². The van der Waals surface area contributed by atoms with Crippen molar-refractivity contribution in [2.75, 3.05) is 19.5 Å². The number of ether oxygens (including phenoxy) is 2. The highest BCUT2D eigenvalue weighted by atomic mass is 35.5. The molecule has 0 amide bonds. The maximum Gasteiger partial charge on any atom is 0.141 e. The van der Waals surface area contributed by atoms with Crippen molar-refractivity contribution in [3.05, 3.63) is 77.1 Å². The Morgan fingerprint density at radius 3 is 2.57 bits per heavy atom. The van der Waals surface area contributed by atoms with Crippen molar-refractivity contribution in [3.8, 4) is 28.8 Å². The zero-order chi connectivity index (χ0) is 25.8. The molecule has 1 saturated carbocycles. The number of aromatic nitrogens is 2. The van der Waals surface area contributed by atoms with E-state index in [-0.39, 0.29) is 0 Å². The van der Waals surface area contributed by atoms with E-state index < -0.39 is 0 Å². The zero-order valence-electron chi connectivity index (χ0n) is 21.0. The Morgan fingerprint density at radius 2 is 1.81 bits per heavy atom. The molecule has 2 N–H and O–H groups in total. The predicted molar refractivity (Wildman–Crippen MR) is 146 cm³/mol. The number of methoxy groups -OCH3 is 2. The van der Waals surface area contributed by atoms with Gasteiger partial charge in [-0.25, -0.2) is 4.98 Å². The summed E-state index contributed by atoms with van der Waals surface area (Å²) in [5.41, 5.74) is 5.38. The molecule has 4 aromatic rings. The Bertz CT molecular complexity index is 1440. The van der Waals surface area contributed by atoms with E-state index in [4.69, 9.17) is 31.3 Å². The van der Waals surface area contributed by atoms with Crippen LogP contribution in [0, 0.1) is 11.3 Å². The number of nitrogens with one attached hydrogen (secondary N) is 2. The number of nitrogens with zero attached hydrogens (tertiary/aromatic N) is 3. The molecule has 8 heteroatoms. The fourth-order valence-corrected chi connectivity index (χ4v) is 5.19. The molecule has 0 unspecified atom stereocenters. The Hall–Kier alpha value is -3.73. The monoisotopic (exact) mass is 515 g/mol. The molecule has 0 atom stereocenters. The first kappa shape index (κ1) is 24.9. The second kappa shape index (κ2) is 11.1. The smallest absolute Gasteiger partial charge is 0.141 e. The maximum atomic E-state index is 9.09. The van der Waals surface area contributed by atoms with E-state index in [0.717, 1.165) is 60.4 Å². The van der Waals surface area contributed by atoms with Crippen molar-refractivity contribution in [2.45, 2.75) is 44.3 Å². The number of nitriles is 1. The first-order valence-corrected chi connectivity index (χ1v) is 12.8. The first-order chi connectivity index (χ1) is 18.1. The molecular weight excluding hydrogens is 486 g/mol. The van der Waals surface area contributed by atoms with Gasteiger partial charge in [-0.3, -0.25) is 0 Å². The van der Waals surface area contributed by atoms with Crippen LogP contribution in [0.1, 0.15) is 36.8 Å². The number of imidazole rings is 1. The second-order valence-corrected chi connectivity index (χ2v) is 9.79. The summed E-state index contributed by atoms with van der Waals surface area (Å²) in [4.78, 5) is 4.83. The number of anilines is 1. The number of hydrogen-bond acceptors (Lipinski definition) is 6. The normalized spacial score (nSPS) is 17.4. The van der Waals surface area contributed by atoms with E-state index in [9.17, 15) is 0 Å². The predicted octanol–water partition coefficient (Wildman–Crippen LogP) is 6.06. The lowest BCUT2D eigenvalue weighted by molar-refractivity contribution is 0.353. The topological polar surface area (TPSA) is 83.6 Å².